The molecule has 3 rings (SSSR count). The smallest absolute Gasteiger partial charge is 0.416 e. The molecule has 3 aromatic rings. The standard InChI is InChI=1S/C35H45F3N4O3/c1-4-44-34(43)32(26(2)41-30-14-11-13-28(25-30)35(36,37)38)33(27-17-19-29(39)20-18-27)40-21-9-6-10-22-42(3)23-12-24-45-31-15-7-5-8-16-31/h5,7-8,11,13-20,25,33,40-41H,4,6,9-10,12,21-24,39H2,1-3H3/b32-26+/t33-/m1/s1. The van der Waals surface area contributed by atoms with E-state index in [0.717, 1.165) is 62.2 Å². The van der Waals surface area contributed by atoms with Crippen LogP contribution < -0.4 is 21.1 Å². The predicted molar refractivity (Wildman–Crippen MR) is 174 cm³/mol. The Morgan fingerprint density at radius 3 is 2.33 bits per heavy atom. The molecule has 0 aliphatic carbocycles. The van der Waals surface area contributed by atoms with Crippen molar-refractivity contribution in [1.82, 2.24) is 10.2 Å². The zero-order valence-corrected chi connectivity index (χ0v) is 26.3. The van der Waals surface area contributed by atoms with Gasteiger partial charge in [0.05, 0.1) is 30.4 Å². The number of nitrogens with two attached hydrogens (primary N) is 1. The number of nitrogens with one attached hydrogen (secondary N) is 2. The van der Waals surface area contributed by atoms with Crippen molar-refractivity contribution in [2.75, 3.05) is 50.9 Å². The van der Waals surface area contributed by atoms with Crippen molar-refractivity contribution in [3.05, 3.63) is 101 Å². The van der Waals surface area contributed by atoms with Gasteiger partial charge in [-0.1, -0.05) is 42.8 Å². The molecule has 3 aromatic carbocycles. The summed E-state index contributed by atoms with van der Waals surface area (Å²) in [6.07, 6.45) is -0.689. The van der Waals surface area contributed by atoms with Crippen LogP contribution in [0.15, 0.2) is 90.1 Å². The maximum Gasteiger partial charge on any atom is 0.416 e. The molecule has 0 saturated carbocycles. The van der Waals surface area contributed by atoms with Crippen molar-refractivity contribution in [1.29, 1.82) is 0 Å². The number of esters is 1. The lowest BCUT2D eigenvalue weighted by atomic mass is 9.96. The normalized spacial score (nSPS) is 12.9. The van der Waals surface area contributed by atoms with E-state index in [0.29, 0.717) is 24.5 Å². The molecule has 0 aliphatic rings. The Hall–Kier alpha value is -4.02. The van der Waals surface area contributed by atoms with Gasteiger partial charge in [0.25, 0.3) is 0 Å². The number of halogens is 3. The van der Waals surface area contributed by atoms with Gasteiger partial charge >= 0.3 is 12.1 Å². The molecule has 0 fully saturated rings. The molecule has 0 heterocycles. The Balaban J connectivity index is 1.62. The summed E-state index contributed by atoms with van der Waals surface area (Å²) in [5.41, 5.74) is 7.41. The minimum atomic E-state index is -4.49. The van der Waals surface area contributed by atoms with Crippen molar-refractivity contribution in [2.24, 2.45) is 0 Å². The van der Waals surface area contributed by atoms with Crippen LogP contribution in [0, 0.1) is 0 Å². The summed E-state index contributed by atoms with van der Waals surface area (Å²) in [6.45, 7) is 6.71. The second kappa shape index (κ2) is 18.1. The van der Waals surface area contributed by atoms with Gasteiger partial charge in [-0.3, -0.25) is 0 Å². The number of alkyl halides is 3. The highest BCUT2D eigenvalue weighted by Gasteiger charge is 2.31. The van der Waals surface area contributed by atoms with Crippen molar-refractivity contribution in [2.45, 2.75) is 51.7 Å². The maximum absolute atomic E-state index is 13.3. The van der Waals surface area contributed by atoms with Crippen LogP contribution in [-0.4, -0.2) is 50.8 Å². The molecule has 7 nitrogen and oxygen atoms in total. The average molecular weight is 627 g/mol. The van der Waals surface area contributed by atoms with E-state index in [1.54, 1.807) is 26.0 Å². The number of carbonyl (C=O) groups excluding carboxylic acids is 1. The van der Waals surface area contributed by atoms with Crippen LogP contribution in [0.2, 0.25) is 0 Å². The third-order valence-corrected chi connectivity index (χ3v) is 7.24. The lowest BCUT2D eigenvalue weighted by Gasteiger charge is -2.24. The number of allylic oxidation sites excluding steroid dienone is 1. The van der Waals surface area contributed by atoms with E-state index < -0.39 is 23.8 Å². The van der Waals surface area contributed by atoms with Gasteiger partial charge in [0, 0.05) is 23.6 Å². The molecule has 10 heteroatoms. The number of benzene rings is 3. The summed E-state index contributed by atoms with van der Waals surface area (Å²) in [4.78, 5) is 15.6. The van der Waals surface area contributed by atoms with Crippen molar-refractivity contribution >= 4 is 17.3 Å². The molecule has 45 heavy (non-hydrogen) atoms. The summed E-state index contributed by atoms with van der Waals surface area (Å²) >= 11 is 0. The molecule has 0 aliphatic heterocycles. The minimum Gasteiger partial charge on any atom is -0.494 e. The lowest BCUT2D eigenvalue weighted by molar-refractivity contribution is -0.139. The van der Waals surface area contributed by atoms with Crippen molar-refractivity contribution in [3.8, 4) is 5.75 Å². The quantitative estimate of drug-likeness (QED) is 0.0586. The Morgan fingerprint density at radius 1 is 0.933 bits per heavy atom. The topological polar surface area (TPSA) is 88.8 Å². The van der Waals surface area contributed by atoms with Crippen LogP contribution in [-0.2, 0) is 15.7 Å². The van der Waals surface area contributed by atoms with Gasteiger partial charge in [-0.2, -0.15) is 13.2 Å². The lowest BCUT2D eigenvalue weighted by Crippen LogP contribution is -2.30. The third kappa shape index (κ3) is 12.1. The van der Waals surface area contributed by atoms with Crippen LogP contribution in [0.3, 0.4) is 0 Å². The first-order valence-electron chi connectivity index (χ1n) is 15.4. The number of para-hydroxylation sites is 1. The molecule has 0 aromatic heterocycles. The van der Waals surface area contributed by atoms with Crippen LogP contribution in [0.5, 0.6) is 5.75 Å². The Bertz CT molecular complexity index is 1350. The van der Waals surface area contributed by atoms with Gasteiger partial charge in [-0.05, 0) is 101 Å². The van der Waals surface area contributed by atoms with E-state index in [9.17, 15) is 18.0 Å². The van der Waals surface area contributed by atoms with E-state index in [4.69, 9.17) is 15.2 Å². The summed E-state index contributed by atoms with van der Waals surface area (Å²) in [6, 6.07) is 21.3. The summed E-state index contributed by atoms with van der Waals surface area (Å²) < 4.78 is 51.2. The number of nitrogen functional groups attached to an aromatic ring is 1. The number of nitrogens with zero attached hydrogens (tertiary/aromatic N) is 1. The Morgan fingerprint density at radius 2 is 1.64 bits per heavy atom. The van der Waals surface area contributed by atoms with Crippen LogP contribution in [0.4, 0.5) is 24.5 Å². The molecule has 0 bridgehead atoms. The first-order chi connectivity index (χ1) is 21.6. The first kappa shape index (κ1) is 35.5. The van der Waals surface area contributed by atoms with E-state index in [1.165, 1.54) is 12.1 Å². The fraction of sp³-hybridized carbons (Fsp3) is 0.400. The number of anilines is 2. The molecular formula is C35H45F3N4O3. The average Bonchev–Trinajstić information content (AvgIpc) is 3.01. The van der Waals surface area contributed by atoms with E-state index >= 15 is 0 Å². The maximum atomic E-state index is 13.3. The van der Waals surface area contributed by atoms with Crippen LogP contribution >= 0.6 is 0 Å². The second-order valence-corrected chi connectivity index (χ2v) is 10.9. The summed E-state index contributed by atoms with van der Waals surface area (Å²) in [7, 11) is 2.11. The van der Waals surface area contributed by atoms with E-state index in [2.05, 4.69) is 22.6 Å². The molecule has 0 spiro atoms. The van der Waals surface area contributed by atoms with E-state index in [-0.39, 0.29) is 17.9 Å². The second-order valence-electron chi connectivity index (χ2n) is 10.9. The Labute approximate surface area is 264 Å². The van der Waals surface area contributed by atoms with Gasteiger partial charge in [0.2, 0.25) is 0 Å². The van der Waals surface area contributed by atoms with Crippen molar-refractivity contribution < 1.29 is 27.4 Å². The van der Waals surface area contributed by atoms with Crippen molar-refractivity contribution in [3.63, 3.8) is 0 Å². The minimum absolute atomic E-state index is 0.152. The molecule has 1 atom stereocenters. The monoisotopic (exact) mass is 626 g/mol. The first-order valence-corrected chi connectivity index (χ1v) is 15.4. The number of carbonyl (C=O) groups is 1. The van der Waals surface area contributed by atoms with Gasteiger partial charge in [0.15, 0.2) is 0 Å². The fourth-order valence-electron chi connectivity index (χ4n) is 4.91. The highest BCUT2D eigenvalue weighted by atomic mass is 19.4. The number of ether oxygens (including phenoxy) is 2. The van der Waals surface area contributed by atoms with Gasteiger partial charge in [-0.25, -0.2) is 4.79 Å². The number of unbranched alkanes of at least 4 members (excludes halogenated alkanes) is 2. The molecule has 4 N–H and O–H groups in total. The van der Waals surface area contributed by atoms with Gasteiger partial charge in [-0.15, -0.1) is 0 Å². The van der Waals surface area contributed by atoms with Crippen LogP contribution in [0.25, 0.3) is 0 Å². The highest BCUT2D eigenvalue weighted by molar-refractivity contribution is 5.91. The molecular weight excluding hydrogens is 581 g/mol. The van der Waals surface area contributed by atoms with Gasteiger partial charge < -0.3 is 30.7 Å². The molecule has 0 radical (unpaired) electrons. The van der Waals surface area contributed by atoms with E-state index in [1.807, 2.05) is 42.5 Å². The molecule has 0 saturated heterocycles. The Kier molecular flexibility index (Phi) is 14.2. The zero-order valence-electron chi connectivity index (χ0n) is 26.3. The highest BCUT2D eigenvalue weighted by Crippen LogP contribution is 2.32. The summed E-state index contributed by atoms with van der Waals surface area (Å²) in [5, 5.41) is 6.50. The predicted octanol–water partition coefficient (Wildman–Crippen LogP) is 7.44. The number of hydrogen-bond donors (Lipinski definition) is 3. The molecule has 0 amide bonds. The number of rotatable bonds is 18. The summed E-state index contributed by atoms with van der Waals surface area (Å²) in [5.74, 6) is 0.328. The molecule has 244 valence electrons. The molecule has 0 unspecified atom stereocenters. The number of hydrogen-bond acceptors (Lipinski definition) is 7. The fourth-order valence-corrected chi connectivity index (χ4v) is 4.91. The van der Waals surface area contributed by atoms with Gasteiger partial charge in [0.1, 0.15) is 5.75 Å². The van der Waals surface area contributed by atoms with Crippen LogP contribution in [0.1, 0.15) is 56.7 Å². The largest absolute Gasteiger partial charge is 0.494 e. The third-order valence-electron chi connectivity index (χ3n) is 7.24. The zero-order chi connectivity index (χ0) is 32.7. The SMILES string of the molecule is CCOC(=O)/C(=C(\C)Nc1cccc(C(F)(F)F)c1)[C@H](NCCCCCN(C)CCCOc1ccccc1)c1ccc(N)cc1.